The first-order valence-corrected chi connectivity index (χ1v) is 8.15. The van der Waals surface area contributed by atoms with Gasteiger partial charge in [0, 0.05) is 45.9 Å². The predicted octanol–water partition coefficient (Wildman–Crippen LogP) is 2.65. The van der Waals surface area contributed by atoms with Gasteiger partial charge in [-0.05, 0) is 6.07 Å². The minimum atomic E-state index is -1.15. The summed E-state index contributed by atoms with van der Waals surface area (Å²) in [7, 11) is 6.53. The average Bonchev–Trinajstić information content (AvgIpc) is 2.65. The summed E-state index contributed by atoms with van der Waals surface area (Å²) in [5.41, 5.74) is 0.750. The number of rotatable bonds is 6. The Bertz CT molecular complexity index is 850. The average molecular weight is 371 g/mol. The maximum atomic E-state index is 12.8. The molecule has 0 heterocycles. The number of nitro groups is 1. The number of non-ortho nitro benzene ring substituents is 1. The summed E-state index contributed by atoms with van der Waals surface area (Å²) >= 11 is 0. The number of ether oxygens (including phenoxy) is 1. The van der Waals surface area contributed by atoms with E-state index in [1.165, 1.54) is 17.0 Å². The largest absolute Gasteiger partial charge is 0.444 e. The van der Waals surface area contributed by atoms with E-state index in [-0.39, 0.29) is 11.3 Å². The number of hydrogen-bond acceptors (Lipinski definition) is 6. The van der Waals surface area contributed by atoms with Crippen LogP contribution in [0.3, 0.4) is 0 Å². The van der Waals surface area contributed by atoms with Crippen LogP contribution in [0.25, 0.3) is 0 Å². The van der Waals surface area contributed by atoms with Crippen molar-refractivity contribution in [2.75, 3.05) is 33.1 Å². The van der Waals surface area contributed by atoms with Crippen LogP contribution < -0.4 is 4.90 Å². The van der Waals surface area contributed by atoms with E-state index < -0.39 is 22.9 Å². The van der Waals surface area contributed by atoms with Gasteiger partial charge in [0.1, 0.15) is 0 Å². The molecule has 0 radical (unpaired) electrons. The maximum absolute atomic E-state index is 12.8. The molecule has 1 atom stereocenters. The summed E-state index contributed by atoms with van der Waals surface area (Å²) in [4.78, 5) is 38.8. The second kappa shape index (κ2) is 8.31. The van der Waals surface area contributed by atoms with E-state index in [1.807, 2.05) is 0 Å². The van der Waals surface area contributed by atoms with E-state index in [1.54, 1.807) is 63.4 Å². The Morgan fingerprint density at radius 2 is 1.67 bits per heavy atom. The monoisotopic (exact) mass is 371 g/mol. The highest BCUT2D eigenvalue weighted by molar-refractivity contribution is 5.98. The molecule has 142 valence electrons. The van der Waals surface area contributed by atoms with Crippen LogP contribution in [0.5, 0.6) is 0 Å². The van der Waals surface area contributed by atoms with E-state index in [9.17, 15) is 19.7 Å². The number of benzene rings is 2. The molecular formula is C19H21N3O5. The quantitative estimate of drug-likeness (QED) is 0.440. The molecule has 0 aliphatic carbocycles. The van der Waals surface area contributed by atoms with Crippen LogP contribution in [0, 0.1) is 10.1 Å². The number of nitro benzene ring substituents is 1. The van der Waals surface area contributed by atoms with Gasteiger partial charge in [0.15, 0.2) is 0 Å². The zero-order valence-corrected chi connectivity index (χ0v) is 15.6. The smallest absolute Gasteiger partial charge is 0.341 e. The first-order valence-electron chi connectivity index (χ1n) is 8.15. The van der Waals surface area contributed by atoms with Gasteiger partial charge in [-0.3, -0.25) is 14.9 Å². The molecule has 0 bridgehead atoms. The van der Waals surface area contributed by atoms with Gasteiger partial charge in [-0.2, -0.15) is 0 Å². The van der Waals surface area contributed by atoms with Crippen molar-refractivity contribution in [3.8, 4) is 0 Å². The van der Waals surface area contributed by atoms with Gasteiger partial charge in [-0.15, -0.1) is 0 Å². The number of hydrogen-bond donors (Lipinski definition) is 0. The minimum absolute atomic E-state index is 0.0155. The van der Waals surface area contributed by atoms with Gasteiger partial charge in [-0.1, -0.05) is 30.3 Å². The summed E-state index contributed by atoms with van der Waals surface area (Å²) in [5.74, 6) is -1.22. The summed E-state index contributed by atoms with van der Waals surface area (Å²) in [5, 5.41) is 11.1. The molecule has 8 nitrogen and oxygen atoms in total. The standard InChI is InChI=1S/C19H21N3O5/c1-20(2)16-11-10-14(22(25)26)12-15(16)19(24)27-17(18(23)21(3)4)13-8-6-5-7-9-13/h5-12,17H,1-4H3/t17-/m1/s1. The Morgan fingerprint density at radius 1 is 1.04 bits per heavy atom. The topological polar surface area (TPSA) is 93.0 Å². The highest BCUT2D eigenvalue weighted by Crippen LogP contribution is 2.28. The van der Waals surface area contributed by atoms with Crippen LogP contribution in [-0.2, 0) is 9.53 Å². The third-order valence-electron chi connectivity index (χ3n) is 3.88. The lowest BCUT2D eigenvalue weighted by Crippen LogP contribution is -2.31. The van der Waals surface area contributed by atoms with Crippen molar-refractivity contribution in [2.45, 2.75) is 6.10 Å². The van der Waals surface area contributed by atoms with Crippen molar-refractivity contribution in [3.63, 3.8) is 0 Å². The van der Waals surface area contributed by atoms with E-state index >= 15 is 0 Å². The summed E-state index contributed by atoms with van der Waals surface area (Å²) < 4.78 is 5.49. The first kappa shape index (κ1) is 19.9. The van der Waals surface area contributed by atoms with Gasteiger partial charge >= 0.3 is 5.97 Å². The van der Waals surface area contributed by atoms with Crippen molar-refractivity contribution in [3.05, 3.63) is 69.8 Å². The summed E-state index contributed by atoms with van der Waals surface area (Å²) in [6, 6.07) is 12.5. The van der Waals surface area contributed by atoms with Gasteiger partial charge < -0.3 is 14.5 Å². The fourth-order valence-corrected chi connectivity index (χ4v) is 2.48. The Kier molecular flexibility index (Phi) is 6.12. The number of esters is 1. The molecule has 0 unspecified atom stereocenters. The number of likely N-dealkylation sites (N-methyl/N-ethyl adjacent to an activating group) is 1. The molecule has 8 heteroatoms. The number of anilines is 1. The van der Waals surface area contributed by atoms with E-state index in [0.717, 1.165) is 6.07 Å². The van der Waals surface area contributed by atoms with Crippen LogP contribution in [-0.4, -0.2) is 49.9 Å². The Morgan fingerprint density at radius 3 is 2.19 bits per heavy atom. The second-order valence-electron chi connectivity index (χ2n) is 6.28. The molecule has 0 aliphatic heterocycles. The Hall–Kier alpha value is -3.42. The molecule has 0 aliphatic rings. The van der Waals surface area contributed by atoms with Gasteiger partial charge in [0.05, 0.1) is 16.2 Å². The normalized spacial score (nSPS) is 11.4. The van der Waals surface area contributed by atoms with Crippen molar-refractivity contribution >= 4 is 23.3 Å². The zero-order chi connectivity index (χ0) is 20.1. The Balaban J connectivity index is 2.44. The lowest BCUT2D eigenvalue weighted by Gasteiger charge is -2.22. The third kappa shape index (κ3) is 4.60. The number of amides is 1. The van der Waals surface area contributed by atoms with Crippen LogP contribution >= 0.6 is 0 Å². The number of carbonyl (C=O) groups excluding carboxylic acids is 2. The maximum Gasteiger partial charge on any atom is 0.341 e. The molecular weight excluding hydrogens is 350 g/mol. The molecule has 0 spiro atoms. The zero-order valence-electron chi connectivity index (χ0n) is 15.6. The molecule has 0 aromatic heterocycles. The molecule has 0 N–H and O–H groups in total. The lowest BCUT2D eigenvalue weighted by atomic mass is 10.1. The first-order chi connectivity index (χ1) is 12.7. The van der Waals surface area contributed by atoms with Crippen molar-refractivity contribution < 1.29 is 19.2 Å². The molecule has 2 rings (SSSR count). The van der Waals surface area contributed by atoms with Crippen LogP contribution in [0.4, 0.5) is 11.4 Å². The molecule has 0 fully saturated rings. The van der Waals surface area contributed by atoms with Crippen molar-refractivity contribution in [1.82, 2.24) is 4.90 Å². The molecule has 2 aromatic carbocycles. The van der Waals surface area contributed by atoms with Gasteiger partial charge in [0.2, 0.25) is 6.10 Å². The summed E-state index contributed by atoms with van der Waals surface area (Å²) in [6.07, 6.45) is -1.15. The fraction of sp³-hybridized carbons (Fsp3) is 0.263. The van der Waals surface area contributed by atoms with Gasteiger partial charge in [-0.25, -0.2) is 4.79 Å². The minimum Gasteiger partial charge on any atom is -0.444 e. The highest BCUT2D eigenvalue weighted by atomic mass is 16.6. The molecule has 2 aromatic rings. The van der Waals surface area contributed by atoms with Gasteiger partial charge in [0.25, 0.3) is 11.6 Å². The van der Waals surface area contributed by atoms with Crippen molar-refractivity contribution in [2.24, 2.45) is 0 Å². The SMILES string of the molecule is CN(C)C(=O)[C@H](OC(=O)c1cc([N+](=O)[O-])ccc1N(C)C)c1ccccc1. The predicted molar refractivity (Wildman–Crippen MR) is 101 cm³/mol. The second-order valence-corrected chi connectivity index (χ2v) is 6.28. The number of carbonyl (C=O) groups is 2. The van der Waals surface area contributed by atoms with Crippen LogP contribution in [0.15, 0.2) is 48.5 Å². The fourth-order valence-electron chi connectivity index (χ4n) is 2.48. The molecule has 27 heavy (non-hydrogen) atoms. The lowest BCUT2D eigenvalue weighted by molar-refractivity contribution is -0.384. The van der Waals surface area contributed by atoms with E-state index in [2.05, 4.69) is 0 Å². The third-order valence-corrected chi connectivity index (χ3v) is 3.88. The molecule has 0 saturated carbocycles. The van der Waals surface area contributed by atoms with Crippen molar-refractivity contribution in [1.29, 1.82) is 0 Å². The summed E-state index contributed by atoms with van der Waals surface area (Å²) in [6.45, 7) is 0. The van der Waals surface area contributed by atoms with E-state index in [0.29, 0.717) is 11.3 Å². The Labute approximate surface area is 157 Å². The molecule has 1 amide bonds. The highest BCUT2D eigenvalue weighted by Gasteiger charge is 2.29. The van der Waals surface area contributed by atoms with E-state index in [4.69, 9.17) is 4.74 Å². The van der Waals surface area contributed by atoms with Crippen LogP contribution in [0.1, 0.15) is 22.0 Å². The number of nitrogens with zero attached hydrogens (tertiary/aromatic N) is 3. The van der Waals surface area contributed by atoms with Crippen LogP contribution in [0.2, 0.25) is 0 Å². The molecule has 0 saturated heterocycles.